The Morgan fingerprint density at radius 3 is 3.00 bits per heavy atom. The van der Waals surface area contributed by atoms with E-state index in [1.807, 2.05) is 31.1 Å². The Balaban J connectivity index is 2.73. The van der Waals surface area contributed by atoms with Gasteiger partial charge in [-0.25, -0.2) is 0 Å². The van der Waals surface area contributed by atoms with Crippen LogP contribution in [0.1, 0.15) is 13.3 Å². The normalized spacial score (nSPS) is 26.0. The van der Waals surface area contributed by atoms with E-state index in [2.05, 4.69) is 11.6 Å². The zero-order valence-electron chi connectivity index (χ0n) is 8.68. The van der Waals surface area contributed by atoms with E-state index in [0.717, 1.165) is 0 Å². The first-order valence-electron chi connectivity index (χ1n) is 4.72. The van der Waals surface area contributed by atoms with Crippen molar-refractivity contribution in [1.29, 1.82) is 0 Å². The lowest BCUT2D eigenvalue weighted by Gasteiger charge is -2.21. The Morgan fingerprint density at radius 2 is 2.43 bits per heavy atom. The van der Waals surface area contributed by atoms with E-state index in [1.165, 1.54) is 0 Å². The van der Waals surface area contributed by atoms with Crippen LogP contribution < -0.4 is 0 Å². The van der Waals surface area contributed by atoms with Crippen LogP contribution in [0.15, 0.2) is 29.9 Å². The summed E-state index contributed by atoms with van der Waals surface area (Å²) in [5.74, 6) is 0.0606. The maximum Gasteiger partial charge on any atom is 0.147 e. The van der Waals surface area contributed by atoms with Gasteiger partial charge in [0.2, 0.25) is 0 Å². The highest BCUT2D eigenvalue weighted by Crippen LogP contribution is 2.22. The minimum atomic E-state index is -0.116. The number of nitrogens with zero attached hydrogens (tertiary/aromatic N) is 2. The van der Waals surface area contributed by atoms with E-state index in [9.17, 15) is 4.79 Å². The molecule has 1 aliphatic heterocycles. The summed E-state index contributed by atoms with van der Waals surface area (Å²) in [6.45, 7) is 5.43. The highest BCUT2D eigenvalue weighted by Gasteiger charge is 2.30. The minimum Gasteiger partial charge on any atom is -0.359 e. The number of hydrogen-bond acceptors (Lipinski definition) is 3. The summed E-state index contributed by atoms with van der Waals surface area (Å²) in [6, 6.07) is 0. The molecule has 0 aromatic rings. The highest BCUT2D eigenvalue weighted by atomic mass is 16.1. The predicted octanol–water partition coefficient (Wildman–Crippen LogP) is 1.62. The standard InChI is InChI=1S/C11H16N2O/c1-4-6-10(14)9-7-8-13(3)11(9)12-5-2/h4-5,7-9,11H,1,6H2,2-3H3/b12-5-. The SMILES string of the molecule is C=CCC(=O)C1C=CN(C)C1/N=C\C. The second-order valence-electron chi connectivity index (χ2n) is 3.31. The van der Waals surface area contributed by atoms with E-state index in [-0.39, 0.29) is 17.9 Å². The van der Waals surface area contributed by atoms with E-state index in [1.54, 1.807) is 12.3 Å². The molecule has 0 aromatic heterocycles. The van der Waals surface area contributed by atoms with Gasteiger partial charge in [0.1, 0.15) is 11.9 Å². The molecular formula is C11H16N2O. The van der Waals surface area contributed by atoms with E-state index < -0.39 is 0 Å². The molecule has 2 atom stereocenters. The van der Waals surface area contributed by atoms with Gasteiger partial charge in [-0.15, -0.1) is 6.58 Å². The Morgan fingerprint density at radius 1 is 1.71 bits per heavy atom. The van der Waals surface area contributed by atoms with Gasteiger partial charge in [-0.1, -0.05) is 12.2 Å². The van der Waals surface area contributed by atoms with E-state index in [4.69, 9.17) is 0 Å². The highest BCUT2D eigenvalue weighted by molar-refractivity contribution is 5.85. The van der Waals surface area contributed by atoms with Crippen molar-refractivity contribution in [2.45, 2.75) is 19.5 Å². The van der Waals surface area contributed by atoms with Gasteiger partial charge < -0.3 is 4.90 Å². The van der Waals surface area contributed by atoms with Gasteiger partial charge in [0.05, 0.1) is 5.92 Å². The molecule has 1 aliphatic rings. The molecule has 0 spiro atoms. The van der Waals surface area contributed by atoms with Crippen LogP contribution in [0.5, 0.6) is 0 Å². The fourth-order valence-corrected chi connectivity index (χ4v) is 1.57. The third-order valence-corrected chi connectivity index (χ3v) is 2.29. The van der Waals surface area contributed by atoms with Crippen molar-refractivity contribution in [3.05, 3.63) is 24.9 Å². The summed E-state index contributed by atoms with van der Waals surface area (Å²) in [6.07, 6.45) is 7.54. The summed E-state index contributed by atoms with van der Waals surface area (Å²) in [4.78, 5) is 17.9. The molecule has 0 bridgehead atoms. The lowest BCUT2D eigenvalue weighted by Crippen LogP contribution is -2.31. The summed E-state index contributed by atoms with van der Waals surface area (Å²) in [5.41, 5.74) is 0. The van der Waals surface area contributed by atoms with Gasteiger partial charge in [0.25, 0.3) is 0 Å². The second kappa shape index (κ2) is 4.74. The van der Waals surface area contributed by atoms with Gasteiger partial charge in [0, 0.05) is 13.5 Å². The number of Topliss-reactive ketones (excluding diaryl/α,β-unsaturated/α-hetero) is 1. The van der Waals surface area contributed by atoms with Crippen LogP contribution in [0.25, 0.3) is 0 Å². The van der Waals surface area contributed by atoms with E-state index >= 15 is 0 Å². The quantitative estimate of drug-likeness (QED) is 0.501. The summed E-state index contributed by atoms with van der Waals surface area (Å²) in [5, 5.41) is 0. The number of carbonyl (C=O) groups excluding carboxylic acids is 1. The maximum atomic E-state index is 11.7. The molecule has 14 heavy (non-hydrogen) atoms. The first-order chi connectivity index (χ1) is 6.70. The van der Waals surface area contributed by atoms with Crippen LogP contribution in [0.2, 0.25) is 0 Å². The number of carbonyl (C=O) groups is 1. The van der Waals surface area contributed by atoms with E-state index in [0.29, 0.717) is 6.42 Å². The zero-order chi connectivity index (χ0) is 10.6. The fourth-order valence-electron chi connectivity index (χ4n) is 1.57. The van der Waals surface area contributed by atoms with Gasteiger partial charge >= 0.3 is 0 Å². The van der Waals surface area contributed by atoms with Crippen molar-refractivity contribution < 1.29 is 4.79 Å². The fraction of sp³-hybridized carbons (Fsp3) is 0.455. The van der Waals surface area contributed by atoms with Crippen LogP contribution >= 0.6 is 0 Å². The molecule has 0 N–H and O–H groups in total. The number of aliphatic imine (C=N–C) groups is 1. The minimum absolute atomic E-state index is 0.0625. The Bertz CT molecular complexity index is 281. The molecule has 0 aromatic carbocycles. The Hall–Kier alpha value is -1.38. The summed E-state index contributed by atoms with van der Waals surface area (Å²) < 4.78 is 0. The van der Waals surface area contributed by atoms with Gasteiger partial charge in [-0.05, 0) is 19.3 Å². The Kier molecular flexibility index (Phi) is 3.63. The van der Waals surface area contributed by atoms with Gasteiger partial charge in [0.15, 0.2) is 0 Å². The van der Waals surface area contributed by atoms with Crippen molar-refractivity contribution in [1.82, 2.24) is 4.90 Å². The molecule has 1 heterocycles. The molecule has 0 aliphatic carbocycles. The van der Waals surface area contributed by atoms with Crippen LogP contribution in [0, 0.1) is 5.92 Å². The molecule has 1 rings (SSSR count). The smallest absolute Gasteiger partial charge is 0.147 e. The summed E-state index contributed by atoms with van der Waals surface area (Å²) >= 11 is 0. The molecule has 0 fully saturated rings. The topological polar surface area (TPSA) is 32.7 Å². The third-order valence-electron chi connectivity index (χ3n) is 2.29. The van der Waals surface area contributed by atoms with Crippen LogP contribution in [0.4, 0.5) is 0 Å². The molecule has 0 saturated carbocycles. The van der Waals surface area contributed by atoms with Crippen LogP contribution in [0.3, 0.4) is 0 Å². The lowest BCUT2D eigenvalue weighted by atomic mass is 10.0. The molecule has 0 amide bonds. The molecule has 0 saturated heterocycles. The first kappa shape index (κ1) is 10.7. The molecule has 3 nitrogen and oxygen atoms in total. The number of ketones is 1. The van der Waals surface area contributed by atoms with Crippen molar-refractivity contribution in [2.75, 3.05) is 7.05 Å². The number of allylic oxidation sites excluding steroid dienone is 1. The monoisotopic (exact) mass is 192 g/mol. The van der Waals surface area contributed by atoms with Crippen molar-refractivity contribution in [3.8, 4) is 0 Å². The van der Waals surface area contributed by atoms with Crippen molar-refractivity contribution in [2.24, 2.45) is 10.9 Å². The lowest BCUT2D eigenvalue weighted by molar-refractivity contribution is -0.121. The average Bonchev–Trinajstić information content (AvgIpc) is 2.50. The third kappa shape index (κ3) is 2.10. The van der Waals surface area contributed by atoms with Gasteiger partial charge in [-0.3, -0.25) is 9.79 Å². The molecule has 76 valence electrons. The second-order valence-corrected chi connectivity index (χ2v) is 3.31. The Labute approximate surface area is 84.8 Å². The summed E-state index contributed by atoms with van der Waals surface area (Å²) in [7, 11) is 1.93. The molecule has 0 radical (unpaired) electrons. The molecule has 2 unspecified atom stereocenters. The number of hydrogen-bond donors (Lipinski definition) is 0. The first-order valence-corrected chi connectivity index (χ1v) is 4.72. The average molecular weight is 192 g/mol. The molecule has 3 heteroatoms. The van der Waals surface area contributed by atoms with Gasteiger partial charge in [-0.2, -0.15) is 0 Å². The van der Waals surface area contributed by atoms with Crippen molar-refractivity contribution in [3.63, 3.8) is 0 Å². The molecular weight excluding hydrogens is 176 g/mol. The van der Waals surface area contributed by atoms with Crippen LogP contribution in [-0.4, -0.2) is 30.1 Å². The zero-order valence-corrected chi connectivity index (χ0v) is 8.68. The van der Waals surface area contributed by atoms with Crippen molar-refractivity contribution >= 4 is 12.0 Å². The van der Waals surface area contributed by atoms with Crippen LogP contribution in [-0.2, 0) is 4.79 Å². The maximum absolute atomic E-state index is 11.7. The largest absolute Gasteiger partial charge is 0.359 e. The predicted molar refractivity (Wildman–Crippen MR) is 58.2 cm³/mol. The number of rotatable bonds is 4.